The zero-order chi connectivity index (χ0) is 15.7. The van der Waals surface area contributed by atoms with Crippen molar-refractivity contribution < 1.29 is 9.90 Å². The van der Waals surface area contributed by atoms with Crippen LogP contribution in [0.2, 0.25) is 0 Å². The molecule has 0 aliphatic carbocycles. The largest absolute Gasteiger partial charge is 0.396 e. The van der Waals surface area contributed by atoms with Gasteiger partial charge in [0.2, 0.25) is 0 Å². The molecular formula is C18H24N2O2. The molecule has 0 saturated carbocycles. The van der Waals surface area contributed by atoms with Gasteiger partial charge in [-0.05, 0) is 42.9 Å². The van der Waals surface area contributed by atoms with Crippen LogP contribution < -0.4 is 0 Å². The number of piperidine rings is 1. The van der Waals surface area contributed by atoms with E-state index in [1.807, 2.05) is 47.0 Å². The number of nitrogens with zero attached hydrogens (tertiary/aromatic N) is 2. The number of hydrogen-bond acceptors (Lipinski definition) is 2. The number of aromatic nitrogens is 1. The average molecular weight is 300 g/mol. The van der Waals surface area contributed by atoms with Crippen LogP contribution in [0.1, 0.15) is 36.5 Å². The SMILES string of the molecule is CCC1(CO)CCN(C(=O)c2cccc3c2ccn3C)CC1. The maximum atomic E-state index is 12.9. The minimum absolute atomic E-state index is 0.00946. The molecule has 2 heterocycles. The molecule has 1 N–H and O–H groups in total. The van der Waals surface area contributed by atoms with Crippen molar-refractivity contribution in [1.82, 2.24) is 9.47 Å². The first-order chi connectivity index (χ1) is 10.6. The van der Waals surface area contributed by atoms with Crippen molar-refractivity contribution in [1.29, 1.82) is 0 Å². The number of hydrogen-bond donors (Lipinski definition) is 1. The first-order valence-electron chi connectivity index (χ1n) is 8.04. The molecule has 0 atom stereocenters. The molecule has 4 nitrogen and oxygen atoms in total. The Morgan fingerprint density at radius 3 is 2.64 bits per heavy atom. The standard InChI is InChI=1S/C18H24N2O2/c1-3-18(13-21)8-11-20(12-9-18)17(22)15-5-4-6-16-14(15)7-10-19(16)2/h4-7,10,21H,3,8-9,11-13H2,1-2H3. The number of aliphatic hydroxyl groups excluding tert-OH is 1. The summed E-state index contributed by atoms with van der Waals surface area (Å²) in [5.41, 5.74) is 1.88. The quantitative estimate of drug-likeness (QED) is 0.947. The number of aliphatic hydroxyl groups is 1. The fourth-order valence-electron chi connectivity index (χ4n) is 3.47. The van der Waals surface area contributed by atoms with Gasteiger partial charge in [0.25, 0.3) is 5.91 Å². The van der Waals surface area contributed by atoms with E-state index >= 15 is 0 Å². The highest BCUT2D eigenvalue weighted by Crippen LogP contribution is 2.35. The molecule has 0 radical (unpaired) electrons. The van der Waals surface area contributed by atoms with Crippen molar-refractivity contribution in [2.45, 2.75) is 26.2 Å². The Balaban J connectivity index is 1.83. The van der Waals surface area contributed by atoms with Gasteiger partial charge in [0, 0.05) is 49.4 Å². The van der Waals surface area contributed by atoms with Crippen LogP contribution in [-0.4, -0.2) is 40.2 Å². The maximum absolute atomic E-state index is 12.9. The molecule has 1 aromatic carbocycles. The van der Waals surface area contributed by atoms with E-state index in [1.54, 1.807) is 0 Å². The van der Waals surface area contributed by atoms with Gasteiger partial charge in [0.1, 0.15) is 0 Å². The maximum Gasteiger partial charge on any atom is 0.254 e. The van der Waals surface area contributed by atoms with Gasteiger partial charge in [0.15, 0.2) is 0 Å². The lowest BCUT2D eigenvalue weighted by atomic mass is 9.77. The second-order valence-electron chi connectivity index (χ2n) is 6.47. The van der Waals surface area contributed by atoms with Crippen molar-refractivity contribution in [2.24, 2.45) is 12.5 Å². The van der Waals surface area contributed by atoms with Crippen LogP contribution in [0.25, 0.3) is 10.9 Å². The Kier molecular flexibility index (Phi) is 3.96. The van der Waals surface area contributed by atoms with Crippen molar-refractivity contribution in [3.05, 3.63) is 36.0 Å². The number of carbonyl (C=O) groups excluding carboxylic acids is 1. The van der Waals surface area contributed by atoms with E-state index in [0.29, 0.717) is 0 Å². The summed E-state index contributed by atoms with van der Waals surface area (Å²) in [6.45, 7) is 3.81. The van der Waals surface area contributed by atoms with Gasteiger partial charge in [-0.2, -0.15) is 0 Å². The lowest BCUT2D eigenvalue weighted by Crippen LogP contribution is -2.44. The normalized spacial score (nSPS) is 17.9. The van der Waals surface area contributed by atoms with E-state index in [-0.39, 0.29) is 17.9 Å². The van der Waals surface area contributed by atoms with Crippen LogP contribution >= 0.6 is 0 Å². The summed E-state index contributed by atoms with van der Waals surface area (Å²) >= 11 is 0. The fourth-order valence-corrected chi connectivity index (χ4v) is 3.47. The highest BCUT2D eigenvalue weighted by molar-refractivity contribution is 6.06. The molecule has 118 valence electrons. The van der Waals surface area contributed by atoms with Gasteiger partial charge in [-0.1, -0.05) is 13.0 Å². The topological polar surface area (TPSA) is 45.5 Å². The van der Waals surface area contributed by atoms with Gasteiger partial charge in [-0.3, -0.25) is 4.79 Å². The van der Waals surface area contributed by atoms with Crippen LogP contribution in [-0.2, 0) is 7.05 Å². The third kappa shape index (κ3) is 2.41. The minimum atomic E-state index is 0.00946. The van der Waals surface area contributed by atoms with Gasteiger partial charge >= 0.3 is 0 Å². The molecule has 22 heavy (non-hydrogen) atoms. The van der Waals surface area contributed by atoms with Gasteiger partial charge in [-0.15, -0.1) is 0 Å². The second-order valence-corrected chi connectivity index (χ2v) is 6.47. The molecule has 1 saturated heterocycles. The molecule has 2 aromatic rings. The van der Waals surface area contributed by atoms with Crippen molar-refractivity contribution in [2.75, 3.05) is 19.7 Å². The number of aryl methyl sites for hydroxylation is 1. The molecule has 0 spiro atoms. The summed E-state index contributed by atoms with van der Waals surface area (Å²) in [6, 6.07) is 7.91. The van der Waals surface area contributed by atoms with E-state index < -0.39 is 0 Å². The van der Waals surface area contributed by atoms with Gasteiger partial charge in [0.05, 0.1) is 0 Å². The van der Waals surface area contributed by atoms with Crippen LogP contribution in [0.4, 0.5) is 0 Å². The third-order valence-electron chi connectivity index (χ3n) is 5.36. The molecule has 1 fully saturated rings. The molecule has 0 bridgehead atoms. The van der Waals surface area contributed by atoms with Gasteiger partial charge < -0.3 is 14.6 Å². The highest BCUT2D eigenvalue weighted by atomic mass is 16.3. The Morgan fingerprint density at radius 1 is 1.27 bits per heavy atom. The Morgan fingerprint density at radius 2 is 2.00 bits per heavy atom. The molecule has 1 aromatic heterocycles. The third-order valence-corrected chi connectivity index (χ3v) is 5.36. The molecule has 1 amide bonds. The number of likely N-dealkylation sites (tertiary alicyclic amines) is 1. The van der Waals surface area contributed by atoms with Crippen LogP contribution in [0.5, 0.6) is 0 Å². The van der Waals surface area contributed by atoms with E-state index in [1.165, 1.54) is 0 Å². The second kappa shape index (κ2) is 5.76. The van der Waals surface area contributed by atoms with E-state index in [9.17, 15) is 9.90 Å². The summed E-state index contributed by atoms with van der Waals surface area (Å²) in [6.07, 6.45) is 4.73. The average Bonchev–Trinajstić information content (AvgIpc) is 2.96. The molecule has 4 heteroatoms. The molecule has 1 aliphatic rings. The lowest BCUT2D eigenvalue weighted by Gasteiger charge is -2.40. The van der Waals surface area contributed by atoms with Crippen LogP contribution in [0.3, 0.4) is 0 Å². The Hall–Kier alpha value is -1.81. The van der Waals surface area contributed by atoms with Crippen molar-refractivity contribution in [3.63, 3.8) is 0 Å². The number of benzene rings is 1. The zero-order valence-corrected chi connectivity index (χ0v) is 13.4. The summed E-state index contributed by atoms with van der Waals surface area (Å²) in [5.74, 6) is 0.111. The van der Waals surface area contributed by atoms with Crippen LogP contribution in [0.15, 0.2) is 30.5 Å². The summed E-state index contributed by atoms with van der Waals surface area (Å²) < 4.78 is 2.04. The number of rotatable bonds is 3. The summed E-state index contributed by atoms with van der Waals surface area (Å²) in [7, 11) is 1.99. The highest BCUT2D eigenvalue weighted by Gasteiger charge is 2.34. The van der Waals surface area contributed by atoms with Gasteiger partial charge in [-0.25, -0.2) is 0 Å². The first-order valence-corrected chi connectivity index (χ1v) is 8.04. The predicted octanol–water partition coefficient (Wildman–Crippen LogP) is 2.80. The van der Waals surface area contributed by atoms with Crippen LogP contribution in [0, 0.1) is 5.41 Å². The Labute approximate surface area is 131 Å². The minimum Gasteiger partial charge on any atom is -0.396 e. The number of amides is 1. The molecule has 3 rings (SSSR count). The van der Waals surface area contributed by atoms with Crippen molar-refractivity contribution in [3.8, 4) is 0 Å². The first kappa shape index (κ1) is 15.1. The van der Waals surface area contributed by atoms with Crippen molar-refractivity contribution >= 4 is 16.8 Å². The Bertz CT molecular complexity index is 675. The summed E-state index contributed by atoms with van der Waals surface area (Å²) in [5, 5.41) is 10.6. The summed E-state index contributed by atoms with van der Waals surface area (Å²) in [4.78, 5) is 14.8. The monoisotopic (exact) mass is 300 g/mol. The lowest BCUT2D eigenvalue weighted by molar-refractivity contribution is 0.0339. The predicted molar refractivity (Wildman–Crippen MR) is 87.9 cm³/mol. The number of carbonyl (C=O) groups is 1. The zero-order valence-electron chi connectivity index (χ0n) is 13.4. The van der Waals surface area contributed by atoms with E-state index in [0.717, 1.165) is 48.8 Å². The molecule has 1 aliphatic heterocycles. The van der Waals surface area contributed by atoms with E-state index in [2.05, 4.69) is 6.92 Å². The fraction of sp³-hybridized carbons (Fsp3) is 0.500. The smallest absolute Gasteiger partial charge is 0.254 e. The molecule has 0 unspecified atom stereocenters. The van der Waals surface area contributed by atoms with E-state index in [4.69, 9.17) is 0 Å². The molecular weight excluding hydrogens is 276 g/mol. The number of fused-ring (bicyclic) bond motifs is 1.